The van der Waals surface area contributed by atoms with E-state index in [9.17, 15) is 18.0 Å². The van der Waals surface area contributed by atoms with Gasteiger partial charge in [0.25, 0.3) is 5.91 Å². The van der Waals surface area contributed by atoms with E-state index in [0.29, 0.717) is 0 Å². The van der Waals surface area contributed by atoms with Gasteiger partial charge in [-0.1, -0.05) is 11.6 Å². The molecule has 0 radical (unpaired) electrons. The third-order valence-electron chi connectivity index (χ3n) is 3.06. The Morgan fingerprint density at radius 3 is 2.60 bits per heavy atom. The molecule has 1 aromatic heterocycles. The van der Waals surface area contributed by atoms with Crippen LogP contribution in [0, 0.1) is 0 Å². The van der Waals surface area contributed by atoms with Crippen LogP contribution in [0.3, 0.4) is 0 Å². The highest BCUT2D eigenvalue weighted by Crippen LogP contribution is 2.26. The molecule has 2 rings (SSSR count). The number of hydrogen-bond donors (Lipinski definition) is 1. The van der Waals surface area contributed by atoms with Gasteiger partial charge in [0, 0.05) is 19.8 Å². The second-order valence-corrected chi connectivity index (χ2v) is 7.60. The maximum absolute atomic E-state index is 12.2. The summed E-state index contributed by atoms with van der Waals surface area (Å²) < 4.78 is 34.9. The zero-order chi connectivity index (χ0) is 18.6. The number of carbonyl (C=O) groups is 2. The minimum atomic E-state index is -3.77. The van der Waals surface area contributed by atoms with E-state index >= 15 is 0 Å². The predicted molar refractivity (Wildman–Crippen MR) is 89.9 cm³/mol. The molecule has 1 N–H and O–H groups in total. The summed E-state index contributed by atoms with van der Waals surface area (Å²) in [7, 11) is -1.03. The molecule has 0 aliphatic rings. The van der Waals surface area contributed by atoms with Crippen LogP contribution in [0.25, 0.3) is 0 Å². The van der Waals surface area contributed by atoms with Gasteiger partial charge in [-0.15, -0.1) is 0 Å². The lowest BCUT2D eigenvalue weighted by Gasteiger charge is -2.14. The molecule has 1 amide bonds. The smallest absolute Gasteiger partial charge is 0.341 e. The third-order valence-corrected chi connectivity index (χ3v) is 5.36. The van der Waals surface area contributed by atoms with Crippen molar-refractivity contribution in [3.63, 3.8) is 0 Å². The number of halogens is 1. The van der Waals surface area contributed by atoms with Crippen LogP contribution in [-0.4, -0.2) is 45.3 Å². The Labute approximate surface area is 149 Å². The standard InChI is InChI=1S/C15H15ClN2O6S/c1-18(2)25(21,22)13-7-11(3-4-12(13)16)17-14(19)9-24-15(20)10-5-6-23-8-10/h3-8H,9H2,1-2H3,(H,17,19). The van der Waals surface area contributed by atoms with Crippen molar-refractivity contribution in [3.8, 4) is 0 Å². The molecule has 0 aliphatic heterocycles. The average Bonchev–Trinajstić information content (AvgIpc) is 3.08. The van der Waals surface area contributed by atoms with Crippen LogP contribution < -0.4 is 5.32 Å². The van der Waals surface area contributed by atoms with Crippen molar-refractivity contribution in [1.82, 2.24) is 4.31 Å². The Balaban J connectivity index is 2.05. The second kappa shape index (κ2) is 7.68. The average molecular weight is 387 g/mol. The molecule has 0 saturated heterocycles. The number of carbonyl (C=O) groups excluding carboxylic acids is 2. The van der Waals surface area contributed by atoms with Crippen LogP contribution in [0.1, 0.15) is 10.4 Å². The summed E-state index contributed by atoms with van der Waals surface area (Å²) in [6.45, 7) is -0.539. The molecular weight excluding hydrogens is 372 g/mol. The topological polar surface area (TPSA) is 106 Å². The lowest BCUT2D eigenvalue weighted by molar-refractivity contribution is -0.119. The molecule has 25 heavy (non-hydrogen) atoms. The molecule has 0 fully saturated rings. The van der Waals surface area contributed by atoms with Crippen LogP contribution >= 0.6 is 11.6 Å². The Morgan fingerprint density at radius 2 is 2.00 bits per heavy atom. The van der Waals surface area contributed by atoms with Crippen LogP contribution in [-0.2, 0) is 19.6 Å². The Bertz CT molecular complexity index is 877. The van der Waals surface area contributed by atoms with Crippen molar-refractivity contribution in [3.05, 3.63) is 47.4 Å². The molecule has 1 aromatic carbocycles. The van der Waals surface area contributed by atoms with Crippen LogP contribution in [0.15, 0.2) is 46.1 Å². The number of rotatable bonds is 6. The summed E-state index contributed by atoms with van der Waals surface area (Å²) >= 11 is 5.92. The number of nitrogens with zero attached hydrogens (tertiary/aromatic N) is 1. The fourth-order valence-corrected chi connectivity index (χ4v) is 3.16. The van der Waals surface area contributed by atoms with Crippen LogP contribution in [0.5, 0.6) is 0 Å². The van der Waals surface area contributed by atoms with E-state index in [2.05, 4.69) is 5.32 Å². The molecule has 0 atom stereocenters. The summed E-state index contributed by atoms with van der Waals surface area (Å²) in [6, 6.07) is 5.42. The van der Waals surface area contributed by atoms with Gasteiger partial charge in [-0.05, 0) is 24.3 Å². The molecule has 10 heteroatoms. The van der Waals surface area contributed by atoms with E-state index in [1.165, 1.54) is 50.9 Å². The Hall–Kier alpha value is -2.36. The summed E-state index contributed by atoms with van der Waals surface area (Å²) in [5.41, 5.74) is 0.382. The molecule has 8 nitrogen and oxygen atoms in total. The van der Waals surface area contributed by atoms with Crippen molar-refractivity contribution in [1.29, 1.82) is 0 Å². The molecule has 0 bridgehead atoms. The fraction of sp³-hybridized carbons (Fsp3) is 0.200. The van der Waals surface area contributed by atoms with E-state index in [-0.39, 0.29) is 21.2 Å². The van der Waals surface area contributed by atoms with Gasteiger partial charge in [0.1, 0.15) is 11.2 Å². The Kier molecular flexibility index (Phi) is 5.83. The highest BCUT2D eigenvalue weighted by atomic mass is 35.5. The molecule has 0 spiro atoms. The maximum Gasteiger partial charge on any atom is 0.341 e. The van der Waals surface area contributed by atoms with Crippen LogP contribution in [0.2, 0.25) is 5.02 Å². The first kappa shape index (κ1) is 19.0. The fourth-order valence-electron chi connectivity index (χ4n) is 1.77. The lowest BCUT2D eigenvalue weighted by atomic mass is 10.3. The van der Waals surface area contributed by atoms with Crippen molar-refractivity contribution in [2.75, 3.05) is 26.0 Å². The highest BCUT2D eigenvalue weighted by molar-refractivity contribution is 7.89. The number of amides is 1. The largest absolute Gasteiger partial charge is 0.472 e. The zero-order valence-corrected chi connectivity index (χ0v) is 14.9. The number of anilines is 1. The SMILES string of the molecule is CN(C)S(=O)(=O)c1cc(NC(=O)COC(=O)c2ccoc2)ccc1Cl. The van der Waals surface area contributed by atoms with Gasteiger partial charge in [-0.3, -0.25) is 4.79 Å². The number of sulfonamides is 1. The minimum absolute atomic E-state index is 0.0260. The normalized spacial score (nSPS) is 11.4. The number of benzene rings is 1. The quantitative estimate of drug-likeness (QED) is 0.761. The first-order chi connectivity index (χ1) is 11.7. The first-order valence-electron chi connectivity index (χ1n) is 6.93. The van der Waals surface area contributed by atoms with Gasteiger partial charge in [-0.25, -0.2) is 17.5 Å². The molecule has 0 aliphatic carbocycles. The molecule has 134 valence electrons. The number of nitrogens with one attached hydrogen (secondary N) is 1. The van der Waals surface area contributed by atoms with Gasteiger partial charge in [-0.2, -0.15) is 0 Å². The predicted octanol–water partition coefficient (Wildman–Crippen LogP) is 1.98. The number of ether oxygens (including phenoxy) is 1. The second-order valence-electron chi connectivity index (χ2n) is 5.07. The van der Waals surface area contributed by atoms with Gasteiger partial charge >= 0.3 is 5.97 Å². The van der Waals surface area contributed by atoms with Crippen LogP contribution in [0.4, 0.5) is 5.69 Å². The summed E-state index contributed by atoms with van der Waals surface area (Å²) in [4.78, 5) is 23.3. The van der Waals surface area contributed by atoms with Crippen molar-refractivity contribution in [2.45, 2.75) is 4.90 Å². The van der Waals surface area contributed by atoms with Crippen molar-refractivity contribution in [2.24, 2.45) is 0 Å². The van der Waals surface area contributed by atoms with Crippen molar-refractivity contribution >= 4 is 39.2 Å². The summed E-state index contributed by atoms with van der Waals surface area (Å²) in [5, 5.41) is 2.47. The van der Waals surface area contributed by atoms with Gasteiger partial charge in [0.15, 0.2) is 6.61 Å². The van der Waals surface area contributed by atoms with E-state index in [0.717, 1.165) is 4.31 Å². The third kappa shape index (κ3) is 4.59. The first-order valence-corrected chi connectivity index (χ1v) is 8.75. The zero-order valence-electron chi connectivity index (χ0n) is 13.4. The highest BCUT2D eigenvalue weighted by Gasteiger charge is 2.21. The number of hydrogen-bond acceptors (Lipinski definition) is 6. The maximum atomic E-state index is 12.2. The monoisotopic (exact) mass is 386 g/mol. The number of esters is 1. The molecular formula is C15H15ClN2O6S. The van der Waals surface area contributed by atoms with Gasteiger partial charge in [0.2, 0.25) is 10.0 Å². The summed E-state index contributed by atoms with van der Waals surface area (Å²) in [5.74, 6) is -1.34. The minimum Gasteiger partial charge on any atom is -0.472 e. The lowest BCUT2D eigenvalue weighted by Crippen LogP contribution is -2.23. The molecule has 0 unspecified atom stereocenters. The Morgan fingerprint density at radius 1 is 1.28 bits per heavy atom. The molecule has 0 saturated carbocycles. The van der Waals surface area contributed by atoms with E-state index in [1.54, 1.807) is 0 Å². The summed E-state index contributed by atoms with van der Waals surface area (Å²) in [6.07, 6.45) is 2.49. The molecule has 2 aromatic rings. The van der Waals surface area contributed by atoms with Gasteiger partial charge in [0.05, 0.1) is 16.8 Å². The van der Waals surface area contributed by atoms with E-state index in [4.69, 9.17) is 20.8 Å². The molecule has 1 heterocycles. The number of furan rings is 1. The van der Waals surface area contributed by atoms with E-state index in [1.807, 2.05) is 0 Å². The van der Waals surface area contributed by atoms with Crippen molar-refractivity contribution < 1.29 is 27.2 Å². The van der Waals surface area contributed by atoms with E-state index < -0.39 is 28.5 Å². The van der Waals surface area contributed by atoms with Gasteiger partial charge < -0.3 is 14.5 Å².